The van der Waals surface area contributed by atoms with Crippen LogP contribution in [0.1, 0.15) is 27.8 Å². The molecule has 1 unspecified atom stereocenters. The monoisotopic (exact) mass is 292 g/mol. The second kappa shape index (κ2) is 5.34. The molecule has 20 heavy (non-hydrogen) atoms. The summed E-state index contributed by atoms with van der Waals surface area (Å²) >= 11 is 1.43. The Labute approximate surface area is 121 Å². The first-order valence-electron chi connectivity index (χ1n) is 6.37. The highest BCUT2D eigenvalue weighted by atomic mass is 32.1. The molecule has 6 nitrogen and oxygen atoms in total. The molecule has 106 valence electrons. The molecule has 1 atom stereocenters. The number of rotatable bonds is 3. The van der Waals surface area contributed by atoms with Crippen LogP contribution in [0.25, 0.3) is 0 Å². The van der Waals surface area contributed by atoms with Crippen molar-refractivity contribution in [3.8, 4) is 0 Å². The lowest BCUT2D eigenvalue weighted by Crippen LogP contribution is -2.40. The third-order valence-electron chi connectivity index (χ3n) is 3.54. The van der Waals surface area contributed by atoms with Crippen molar-refractivity contribution in [2.45, 2.75) is 12.5 Å². The maximum Gasteiger partial charge on any atom is 0.273 e. The van der Waals surface area contributed by atoms with E-state index in [2.05, 4.69) is 9.97 Å². The largest absolute Gasteiger partial charge is 0.384 e. The second-order valence-corrected chi connectivity index (χ2v) is 5.62. The number of aromatic nitrogens is 3. The molecule has 3 rings (SSSR count). The first-order valence-corrected chi connectivity index (χ1v) is 7.31. The van der Waals surface area contributed by atoms with Crippen molar-refractivity contribution in [1.82, 2.24) is 19.4 Å². The molecule has 0 aromatic carbocycles. The fourth-order valence-electron chi connectivity index (χ4n) is 2.70. The van der Waals surface area contributed by atoms with Gasteiger partial charge in [0.25, 0.3) is 5.91 Å². The Morgan fingerprint density at radius 1 is 1.55 bits per heavy atom. The van der Waals surface area contributed by atoms with Gasteiger partial charge in [0.1, 0.15) is 5.69 Å². The number of hydrogen-bond donors (Lipinski definition) is 0. The highest BCUT2D eigenvalue weighted by Crippen LogP contribution is 2.28. The minimum absolute atomic E-state index is 0.0383. The average molecular weight is 292 g/mol. The van der Waals surface area contributed by atoms with Crippen molar-refractivity contribution < 1.29 is 9.53 Å². The number of carbonyl (C=O) groups is 1. The molecule has 0 spiro atoms. The lowest BCUT2D eigenvalue weighted by atomic mass is 9.99. The normalized spacial score (nSPS) is 18.1. The molecule has 0 bridgehead atoms. The van der Waals surface area contributed by atoms with Crippen molar-refractivity contribution in [2.75, 3.05) is 20.3 Å². The number of imidazole rings is 1. The fourth-order valence-corrected chi connectivity index (χ4v) is 3.23. The smallest absolute Gasteiger partial charge is 0.273 e. The van der Waals surface area contributed by atoms with Gasteiger partial charge in [0.05, 0.1) is 30.7 Å². The lowest BCUT2D eigenvalue weighted by molar-refractivity contribution is 0.0668. The molecule has 1 aliphatic rings. The summed E-state index contributed by atoms with van der Waals surface area (Å²) in [5, 5.41) is 1.78. The number of amides is 1. The highest BCUT2D eigenvalue weighted by molar-refractivity contribution is 7.07. The zero-order valence-corrected chi connectivity index (χ0v) is 12.3. The van der Waals surface area contributed by atoms with Crippen LogP contribution in [-0.2, 0) is 18.3 Å². The minimum atomic E-state index is -0.0383. The van der Waals surface area contributed by atoms with Crippen LogP contribution >= 0.6 is 11.3 Å². The molecule has 1 amide bonds. The van der Waals surface area contributed by atoms with E-state index < -0.39 is 0 Å². The van der Waals surface area contributed by atoms with E-state index in [4.69, 9.17) is 4.74 Å². The number of hydrogen-bond acceptors (Lipinski definition) is 5. The van der Waals surface area contributed by atoms with Gasteiger partial charge >= 0.3 is 0 Å². The summed E-state index contributed by atoms with van der Waals surface area (Å²) in [6.45, 7) is 1.75. The number of aryl methyl sites for hydroxylation is 1. The Bertz CT molecular complexity index is 608. The summed E-state index contributed by atoms with van der Waals surface area (Å²) in [5.74, 6) is 0.113. The summed E-state index contributed by atoms with van der Waals surface area (Å²) in [6, 6.07) is 0. The van der Waals surface area contributed by atoms with E-state index >= 15 is 0 Å². The number of methoxy groups -OCH3 is 1. The molecule has 0 aliphatic carbocycles. The van der Waals surface area contributed by atoms with E-state index in [9.17, 15) is 4.79 Å². The third kappa shape index (κ3) is 2.23. The summed E-state index contributed by atoms with van der Waals surface area (Å²) in [5.41, 5.74) is 4.29. The van der Waals surface area contributed by atoms with Gasteiger partial charge in [-0.15, -0.1) is 11.3 Å². The fraction of sp³-hybridized carbons (Fsp3) is 0.462. The molecular formula is C13H16N4O2S. The molecule has 0 saturated heterocycles. The second-order valence-electron chi connectivity index (χ2n) is 4.90. The number of ether oxygens (including phenoxy) is 1. The summed E-state index contributed by atoms with van der Waals surface area (Å²) in [6.07, 6.45) is 1.80. The molecule has 0 radical (unpaired) electrons. The van der Waals surface area contributed by atoms with Crippen LogP contribution in [0.3, 0.4) is 0 Å². The van der Waals surface area contributed by atoms with Crippen LogP contribution < -0.4 is 0 Å². The molecule has 0 saturated carbocycles. The first-order chi connectivity index (χ1) is 9.70. The zero-order valence-electron chi connectivity index (χ0n) is 11.4. The van der Waals surface area contributed by atoms with Crippen LogP contribution in [0.15, 0.2) is 17.2 Å². The molecule has 7 heteroatoms. The van der Waals surface area contributed by atoms with Gasteiger partial charge in [-0.1, -0.05) is 0 Å². The van der Waals surface area contributed by atoms with E-state index in [1.54, 1.807) is 29.2 Å². The summed E-state index contributed by atoms with van der Waals surface area (Å²) < 4.78 is 7.31. The van der Waals surface area contributed by atoms with E-state index in [1.807, 2.05) is 11.6 Å². The van der Waals surface area contributed by atoms with Gasteiger partial charge in [-0.2, -0.15) is 0 Å². The summed E-state index contributed by atoms with van der Waals surface area (Å²) in [7, 11) is 3.66. The molecule has 0 fully saturated rings. The van der Waals surface area contributed by atoms with Crippen LogP contribution in [0, 0.1) is 0 Å². The first kappa shape index (κ1) is 13.3. The zero-order chi connectivity index (χ0) is 14.1. The SMILES string of the molecule is COCC1CN(C(=O)c2cscn2)Cc2ncn(C)c21. The van der Waals surface area contributed by atoms with Crippen LogP contribution in [0.5, 0.6) is 0 Å². The van der Waals surface area contributed by atoms with Gasteiger partial charge in [0.2, 0.25) is 0 Å². The number of carbonyl (C=O) groups excluding carboxylic acids is 1. The third-order valence-corrected chi connectivity index (χ3v) is 4.12. The van der Waals surface area contributed by atoms with E-state index in [-0.39, 0.29) is 11.8 Å². The van der Waals surface area contributed by atoms with Gasteiger partial charge in [0, 0.05) is 37.7 Å². The maximum atomic E-state index is 12.4. The molecule has 2 aromatic rings. The average Bonchev–Trinajstić information content (AvgIpc) is 3.08. The molecule has 2 aromatic heterocycles. The van der Waals surface area contributed by atoms with E-state index in [0.717, 1.165) is 11.4 Å². The topological polar surface area (TPSA) is 60.2 Å². The predicted molar refractivity (Wildman–Crippen MR) is 74.7 cm³/mol. The van der Waals surface area contributed by atoms with Gasteiger partial charge in [0.15, 0.2) is 0 Å². The Balaban J connectivity index is 1.88. The predicted octanol–water partition coefficient (Wildman–Crippen LogP) is 1.26. The highest BCUT2D eigenvalue weighted by Gasteiger charge is 2.32. The van der Waals surface area contributed by atoms with E-state index in [0.29, 0.717) is 25.4 Å². The van der Waals surface area contributed by atoms with Gasteiger partial charge in [-0.3, -0.25) is 4.79 Å². The molecule has 3 heterocycles. The Kier molecular flexibility index (Phi) is 3.54. The standard InChI is InChI=1S/C13H16N4O2S/c1-16-7-14-10-4-17(3-9(5-19-2)12(10)16)13(18)11-6-20-8-15-11/h6-9H,3-5H2,1-2H3. The van der Waals surface area contributed by atoms with Crippen molar-refractivity contribution in [2.24, 2.45) is 7.05 Å². The van der Waals surface area contributed by atoms with Crippen molar-refractivity contribution in [3.63, 3.8) is 0 Å². The van der Waals surface area contributed by atoms with E-state index in [1.165, 1.54) is 11.3 Å². The Hall–Kier alpha value is -1.73. The summed E-state index contributed by atoms with van der Waals surface area (Å²) in [4.78, 5) is 22.7. The molecule has 1 aliphatic heterocycles. The van der Waals surface area contributed by atoms with Gasteiger partial charge < -0.3 is 14.2 Å². The number of nitrogens with zero attached hydrogens (tertiary/aromatic N) is 4. The van der Waals surface area contributed by atoms with Gasteiger partial charge in [-0.05, 0) is 0 Å². The minimum Gasteiger partial charge on any atom is -0.384 e. The van der Waals surface area contributed by atoms with Crippen LogP contribution in [0.2, 0.25) is 0 Å². The number of thiazole rings is 1. The Morgan fingerprint density at radius 2 is 2.40 bits per heavy atom. The molecule has 0 N–H and O–H groups in total. The maximum absolute atomic E-state index is 12.4. The van der Waals surface area contributed by atoms with Gasteiger partial charge in [-0.25, -0.2) is 9.97 Å². The van der Waals surface area contributed by atoms with Crippen molar-refractivity contribution >= 4 is 17.2 Å². The Morgan fingerprint density at radius 3 is 3.10 bits per heavy atom. The quantitative estimate of drug-likeness (QED) is 0.854. The van der Waals surface area contributed by atoms with Crippen molar-refractivity contribution in [3.05, 3.63) is 34.3 Å². The lowest BCUT2D eigenvalue weighted by Gasteiger charge is -2.32. The van der Waals surface area contributed by atoms with Crippen LogP contribution in [0.4, 0.5) is 0 Å². The van der Waals surface area contributed by atoms with Crippen molar-refractivity contribution in [1.29, 1.82) is 0 Å². The van der Waals surface area contributed by atoms with Crippen LogP contribution in [-0.4, -0.2) is 45.6 Å². The number of fused-ring (bicyclic) bond motifs is 1. The molecular weight excluding hydrogens is 276 g/mol.